The lowest BCUT2D eigenvalue weighted by molar-refractivity contribution is -0.0345. The molecule has 3 rings (SSSR count). The van der Waals surface area contributed by atoms with E-state index in [-0.39, 0.29) is 17.9 Å². The zero-order valence-corrected chi connectivity index (χ0v) is 10.6. The number of para-hydroxylation sites is 1. The maximum absolute atomic E-state index is 12.9. The topological polar surface area (TPSA) is 15.3 Å². The molecule has 2 nitrogen and oxygen atoms in total. The van der Waals surface area contributed by atoms with E-state index >= 15 is 0 Å². The average Bonchev–Trinajstić information content (AvgIpc) is 2.78. The molecule has 0 radical (unpaired) electrons. The van der Waals surface area contributed by atoms with Gasteiger partial charge in [-0.3, -0.25) is 5.32 Å². The lowest BCUT2D eigenvalue weighted by Gasteiger charge is -2.31. The predicted molar refractivity (Wildman–Crippen MR) is 66.6 cm³/mol. The monoisotopic (exact) mass is 274 g/mol. The van der Waals surface area contributed by atoms with E-state index in [4.69, 9.17) is 0 Å². The molecule has 2 atom stereocenters. The van der Waals surface area contributed by atoms with E-state index in [1.54, 1.807) is 0 Å². The van der Waals surface area contributed by atoms with Gasteiger partial charge in [0.1, 0.15) is 0 Å². The smallest absolute Gasteiger partial charge is 0.357 e. The summed E-state index contributed by atoms with van der Waals surface area (Å²) in [5.74, 6) is 0. The highest BCUT2D eigenvalue weighted by Gasteiger charge is 2.58. The Balaban J connectivity index is 2.11. The number of nitrogens with zero attached hydrogens (tertiary/aromatic N) is 1. The van der Waals surface area contributed by atoms with Gasteiger partial charge in [0.25, 0.3) is 0 Å². The van der Waals surface area contributed by atoms with E-state index in [0.29, 0.717) is 13.0 Å². The normalized spacial score (nSPS) is 30.4. The summed E-state index contributed by atoms with van der Waals surface area (Å²) >= 11 is 0.125. The molecule has 0 unspecified atom stereocenters. The standard InChI is InChI=1S/C12H13F3N2S/c1-17-9-5-3-2-4-8(9)11(18-12(13,14)15)6-7-16-10(11)17/h2-5,10,16H,6-7H2,1H3/t10-,11-/m1/s1. The Morgan fingerprint density at radius 1 is 1.39 bits per heavy atom. The summed E-state index contributed by atoms with van der Waals surface area (Å²) in [4.78, 5) is 1.92. The molecule has 0 spiro atoms. The minimum absolute atomic E-state index is 0.125. The largest absolute Gasteiger partial charge is 0.442 e. The van der Waals surface area contributed by atoms with Gasteiger partial charge in [-0.25, -0.2) is 0 Å². The van der Waals surface area contributed by atoms with Crippen LogP contribution in [-0.2, 0) is 4.75 Å². The molecule has 0 aromatic heterocycles. The van der Waals surface area contributed by atoms with E-state index in [1.165, 1.54) is 0 Å². The first-order valence-corrected chi connectivity index (χ1v) is 6.58. The molecule has 1 N–H and O–H groups in total. The van der Waals surface area contributed by atoms with Gasteiger partial charge in [0.2, 0.25) is 0 Å². The zero-order chi connectivity index (χ0) is 13.0. The molecule has 1 aromatic carbocycles. The number of rotatable bonds is 1. The van der Waals surface area contributed by atoms with Crippen LogP contribution in [0.1, 0.15) is 12.0 Å². The summed E-state index contributed by atoms with van der Waals surface area (Å²) in [5, 5.41) is 3.18. The maximum atomic E-state index is 12.9. The van der Waals surface area contributed by atoms with Crippen LogP contribution in [0.5, 0.6) is 0 Å². The Morgan fingerprint density at radius 3 is 2.83 bits per heavy atom. The summed E-state index contributed by atoms with van der Waals surface area (Å²) < 4.78 is 37.7. The van der Waals surface area contributed by atoms with Gasteiger partial charge >= 0.3 is 5.51 Å². The third kappa shape index (κ3) is 1.62. The molecule has 0 saturated carbocycles. The third-order valence-electron chi connectivity index (χ3n) is 3.70. The van der Waals surface area contributed by atoms with Gasteiger partial charge < -0.3 is 4.90 Å². The van der Waals surface area contributed by atoms with Crippen molar-refractivity contribution in [3.63, 3.8) is 0 Å². The van der Waals surface area contributed by atoms with Gasteiger partial charge in [0.15, 0.2) is 0 Å². The molecule has 98 valence electrons. The second kappa shape index (κ2) is 3.81. The number of benzene rings is 1. The fourth-order valence-corrected chi connectivity index (χ4v) is 4.33. The molecular formula is C12H13F3N2S. The van der Waals surface area contributed by atoms with E-state index < -0.39 is 10.3 Å². The fourth-order valence-electron chi connectivity index (χ4n) is 3.07. The molecule has 2 aliphatic rings. The molecule has 6 heteroatoms. The molecule has 2 heterocycles. The van der Waals surface area contributed by atoms with Crippen molar-refractivity contribution in [3.8, 4) is 0 Å². The quantitative estimate of drug-likeness (QED) is 0.847. The number of fused-ring (bicyclic) bond motifs is 3. The first kappa shape index (κ1) is 12.2. The van der Waals surface area contributed by atoms with Crippen molar-refractivity contribution in [1.82, 2.24) is 5.32 Å². The van der Waals surface area contributed by atoms with Crippen LogP contribution in [0.2, 0.25) is 0 Å². The predicted octanol–water partition coefficient (Wildman–Crippen LogP) is 2.90. The van der Waals surface area contributed by atoms with Crippen LogP contribution in [0, 0.1) is 0 Å². The van der Waals surface area contributed by atoms with Crippen LogP contribution in [-0.4, -0.2) is 25.3 Å². The Hall–Kier alpha value is -0.880. The highest BCUT2D eigenvalue weighted by Crippen LogP contribution is 2.59. The van der Waals surface area contributed by atoms with Gasteiger partial charge in [-0.1, -0.05) is 18.2 Å². The molecule has 0 amide bonds. The van der Waals surface area contributed by atoms with Crippen molar-refractivity contribution in [3.05, 3.63) is 29.8 Å². The van der Waals surface area contributed by atoms with Gasteiger partial charge in [-0.05, 0) is 36.4 Å². The van der Waals surface area contributed by atoms with Gasteiger partial charge in [0, 0.05) is 12.7 Å². The SMILES string of the molecule is CN1c2ccccc2[C@]2(SC(F)(F)F)CCN[C@H]12. The van der Waals surface area contributed by atoms with Crippen molar-refractivity contribution in [2.45, 2.75) is 22.8 Å². The fraction of sp³-hybridized carbons (Fsp3) is 0.500. The number of anilines is 1. The van der Waals surface area contributed by atoms with Crippen LogP contribution in [0.4, 0.5) is 18.9 Å². The molecule has 0 aliphatic carbocycles. The Kier molecular flexibility index (Phi) is 2.57. The number of hydrogen-bond acceptors (Lipinski definition) is 3. The molecule has 1 saturated heterocycles. The van der Waals surface area contributed by atoms with Crippen molar-refractivity contribution >= 4 is 17.4 Å². The van der Waals surface area contributed by atoms with Crippen LogP contribution in [0.3, 0.4) is 0 Å². The minimum Gasteiger partial charge on any atom is -0.357 e. The highest BCUT2D eigenvalue weighted by molar-refractivity contribution is 8.01. The van der Waals surface area contributed by atoms with Gasteiger partial charge in [0.05, 0.1) is 10.9 Å². The second-order valence-electron chi connectivity index (χ2n) is 4.67. The second-order valence-corrected chi connectivity index (χ2v) is 6.07. The summed E-state index contributed by atoms with van der Waals surface area (Å²) in [5.41, 5.74) is -2.53. The molecule has 1 fully saturated rings. The molecule has 2 aliphatic heterocycles. The van der Waals surface area contributed by atoms with Crippen molar-refractivity contribution in [1.29, 1.82) is 0 Å². The summed E-state index contributed by atoms with van der Waals surface area (Å²) in [6.45, 7) is 0.617. The number of hydrogen-bond donors (Lipinski definition) is 1. The first-order chi connectivity index (χ1) is 8.44. The number of likely N-dealkylation sites (N-methyl/N-ethyl adjacent to an activating group) is 1. The number of halogens is 3. The average molecular weight is 274 g/mol. The van der Waals surface area contributed by atoms with Crippen molar-refractivity contribution in [2.24, 2.45) is 0 Å². The maximum Gasteiger partial charge on any atom is 0.442 e. The first-order valence-electron chi connectivity index (χ1n) is 5.77. The Morgan fingerprint density at radius 2 is 2.11 bits per heavy atom. The Bertz CT molecular complexity index is 477. The zero-order valence-electron chi connectivity index (χ0n) is 9.79. The van der Waals surface area contributed by atoms with Gasteiger partial charge in [-0.15, -0.1) is 0 Å². The lowest BCUT2D eigenvalue weighted by atomic mass is 9.97. The summed E-state index contributed by atoms with van der Waals surface area (Å²) in [7, 11) is 1.85. The van der Waals surface area contributed by atoms with Crippen LogP contribution in [0.15, 0.2) is 24.3 Å². The van der Waals surface area contributed by atoms with Gasteiger partial charge in [-0.2, -0.15) is 13.2 Å². The number of nitrogens with one attached hydrogen (secondary N) is 1. The van der Waals surface area contributed by atoms with E-state index in [9.17, 15) is 13.2 Å². The van der Waals surface area contributed by atoms with E-state index in [1.807, 2.05) is 36.2 Å². The van der Waals surface area contributed by atoms with Crippen LogP contribution < -0.4 is 10.2 Å². The molecule has 1 aromatic rings. The molecule has 0 bridgehead atoms. The lowest BCUT2D eigenvalue weighted by Crippen LogP contribution is -2.45. The van der Waals surface area contributed by atoms with Crippen LogP contribution in [0.25, 0.3) is 0 Å². The summed E-state index contributed by atoms with van der Waals surface area (Å²) in [6, 6.07) is 7.37. The van der Waals surface area contributed by atoms with E-state index in [0.717, 1.165) is 11.3 Å². The number of alkyl halides is 3. The number of thioether (sulfide) groups is 1. The Labute approximate surface area is 108 Å². The highest BCUT2D eigenvalue weighted by atomic mass is 32.2. The third-order valence-corrected chi connectivity index (χ3v) is 4.94. The van der Waals surface area contributed by atoms with Crippen LogP contribution >= 0.6 is 11.8 Å². The van der Waals surface area contributed by atoms with Crippen molar-refractivity contribution in [2.75, 3.05) is 18.5 Å². The summed E-state index contributed by atoms with van der Waals surface area (Å²) in [6.07, 6.45) is 0.227. The van der Waals surface area contributed by atoms with Crippen molar-refractivity contribution < 1.29 is 13.2 Å². The minimum atomic E-state index is -4.22. The molecular weight excluding hydrogens is 261 g/mol. The van der Waals surface area contributed by atoms with E-state index in [2.05, 4.69) is 5.32 Å². The molecule has 18 heavy (non-hydrogen) atoms.